The molecule has 1 aliphatic heterocycles. The number of methoxy groups -OCH3 is 1. The Labute approximate surface area is 309 Å². The number of hydrogen-bond donors (Lipinski definition) is 0. The molecule has 3 heterocycles. The van der Waals surface area contributed by atoms with Gasteiger partial charge in [0, 0.05) is 17.3 Å². The van der Waals surface area contributed by atoms with Crippen LogP contribution in [-0.2, 0) is 20.9 Å². The predicted molar refractivity (Wildman–Crippen MR) is 203 cm³/mol. The molecule has 7 rings (SSSR count). The number of allylic oxidation sites excluding steroid dienone is 1. The van der Waals surface area contributed by atoms with E-state index in [1.165, 1.54) is 23.0 Å². The number of ether oxygens (including phenoxy) is 3. The second-order valence-corrected chi connectivity index (χ2v) is 13.4. The molecule has 0 saturated carbocycles. The molecule has 1 unspecified atom stereocenters. The first-order valence-electron chi connectivity index (χ1n) is 17.1. The molecular formula is C42H36N4O6S. The van der Waals surface area contributed by atoms with E-state index >= 15 is 0 Å². The van der Waals surface area contributed by atoms with Crippen molar-refractivity contribution < 1.29 is 23.8 Å². The van der Waals surface area contributed by atoms with Crippen LogP contribution in [0.15, 0.2) is 130 Å². The van der Waals surface area contributed by atoms with Gasteiger partial charge in [-0.15, -0.1) is 0 Å². The van der Waals surface area contributed by atoms with Gasteiger partial charge in [-0.3, -0.25) is 9.36 Å². The van der Waals surface area contributed by atoms with Crippen molar-refractivity contribution in [3.8, 4) is 22.7 Å². The Kier molecular flexibility index (Phi) is 10.0. The zero-order chi connectivity index (χ0) is 37.1. The molecule has 0 N–H and O–H groups in total. The molecule has 1 atom stereocenters. The second kappa shape index (κ2) is 15.1. The summed E-state index contributed by atoms with van der Waals surface area (Å²) >= 11 is 1.23. The lowest BCUT2D eigenvalue weighted by Crippen LogP contribution is -2.39. The van der Waals surface area contributed by atoms with E-state index in [1.54, 1.807) is 35.9 Å². The third-order valence-corrected chi connectivity index (χ3v) is 9.88. The first-order chi connectivity index (χ1) is 25.7. The van der Waals surface area contributed by atoms with Crippen LogP contribution in [0, 0.1) is 6.92 Å². The average molecular weight is 725 g/mol. The third kappa shape index (κ3) is 7.11. The number of aromatic nitrogens is 3. The molecule has 0 spiro atoms. The van der Waals surface area contributed by atoms with Gasteiger partial charge in [-0.1, -0.05) is 72.0 Å². The van der Waals surface area contributed by atoms with Crippen molar-refractivity contribution in [3.05, 3.63) is 168 Å². The van der Waals surface area contributed by atoms with E-state index in [-0.39, 0.29) is 17.7 Å². The van der Waals surface area contributed by atoms with Gasteiger partial charge in [-0.2, -0.15) is 5.10 Å². The summed E-state index contributed by atoms with van der Waals surface area (Å²) in [5.41, 5.74) is 6.19. The number of hydrogen-bond acceptors (Lipinski definition) is 9. The fourth-order valence-electron chi connectivity index (χ4n) is 6.30. The number of para-hydroxylation sites is 1. The van der Waals surface area contributed by atoms with Crippen molar-refractivity contribution >= 4 is 29.4 Å². The number of carbonyl (C=O) groups excluding carboxylic acids is 2. The first-order valence-corrected chi connectivity index (χ1v) is 17.9. The molecule has 11 heteroatoms. The average Bonchev–Trinajstić information content (AvgIpc) is 3.74. The number of esters is 2. The maximum absolute atomic E-state index is 14.6. The lowest BCUT2D eigenvalue weighted by molar-refractivity contribution is -0.140. The van der Waals surface area contributed by atoms with Crippen LogP contribution < -0.4 is 19.6 Å². The van der Waals surface area contributed by atoms with Gasteiger partial charge in [0.25, 0.3) is 5.56 Å². The smallest absolute Gasteiger partial charge is 0.338 e. The van der Waals surface area contributed by atoms with Gasteiger partial charge in [0.2, 0.25) is 0 Å². The largest absolute Gasteiger partial charge is 0.494 e. The van der Waals surface area contributed by atoms with Gasteiger partial charge in [-0.25, -0.2) is 19.3 Å². The monoisotopic (exact) mass is 724 g/mol. The quantitative estimate of drug-likeness (QED) is 0.152. The molecule has 4 aromatic carbocycles. The van der Waals surface area contributed by atoms with E-state index in [0.29, 0.717) is 38.5 Å². The fraction of sp³-hybridized carbons (Fsp3) is 0.167. The molecule has 266 valence electrons. The maximum atomic E-state index is 14.6. The number of carbonyl (C=O) groups is 2. The highest BCUT2D eigenvalue weighted by molar-refractivity contribution is 7.07. The number of thiazole rings is 1. The van der Waals surface area contributed by atoms with Crippen molar-refractivity contribution in [3.63, 3.8) is 0 Å². The van der Waals surface area contributed by atoms with E-state index in [9.17, 15) is 14.4 Å². The molecule has 0 amide bonds. The minimum Gasteiger partial charge on any atom is -0.494 e. The van der Waals surface area contributed by atoms with Crippen molar-refractivity contribution in [1.29, 1.82) is 0 Å². The van der Waals surface area contributed by atoms with Gasteiger partial charge < -0.3 is 14.2 Å². The molecule has 0 radical (unpaired) electrons. The molecular weight excluding hydrogens is 689 g/mol. The van der Waals surface area contributed by atoms with Gasteiger partial charge in [0.05, 0.1) is 46.8 Å². The first kappa shape index (κ1) is 35.1. The summed E-state index contributed by atoms with van der Waals surface area (Å²) in [5, 5.41) is 4.97. The van der Waals surface area contributed by atoms with E-state index < -0.39 is 18.0 Å². The second-order valence-electron chi connectivity index (χ2n) is 12.4. The van der Waals surface area contributed by atoms with E-state index in [1.807, 2.05) is 105 Å². The summed E-state index contributed by atoms with van der Waals surface area (Å²) in [4.78, 5) is 45.9. The maximum Gasteiger partial charge on any atom is 0.338 e. The highest BCUT2D eigenvalue weighted by Gasteiger charge is 2.34. The number of fused-ring (bicyclic) bond motifs is 1. The van der Waals surface area contributed by atoms with E-state index in [4.69, 9.17) is 24.3 Å². The summed E-state index contributed by atoms with van der Waals surface area (Å²) in [6, 6.07) is 30.8. The number of nitrogens with zero attached hydrogens (tertiary/aromatic N) is 4. The molecule has 53 heavy (non-hydrogen) atoms. The van der Waals surface area contributed by atoms with Crippen LogP contribution >= 0.6 is 11.3 Å². The van der Waals surface area contributed by atoms with Gasteiger partial charge in [0.15, 0.2) is 4.80 Å². The Balaban J connectivity index is 1.36. The van der Waals surface area contributed by atoms with Crippen LogP contribution in [0.2, 0.25) is 0 Å². The minimum absolute atomic E-state index is 0.0497. The van der Waals surface area contributed by atoms with Crippen LogP contribution in [0.3, 0.4) is 0 Å². The van der Waals surface area contributed by atoms with Crippen LogP contribution in [0.25, 0.3) is 23.0 Å². The van der Waals surface area contributed by atoms with Crippen molar-refractivity contribution in [2.24, 2.45) is 4.99 Å². The summed E-state index contributed by atoms with van der Waals surface area (Å²) in [5.74, 6) is -0.297. The van der Waals surface area contributed by atoms with E-state index in [0.717, 1.165) is 33.7 Å². The SMILES string of the molecule is CCOc1ccc(-c2nn(-c3ccccc3)cc2C=c2sc3n(c2=O)C(c2ccc(C(=O)OC)cc2)C(C(=O)OCc2ccccc2)=C(C)N=3)cc1C. The molecule has 0 bridgehead atoms. The lowest BCUT2D eigenvalue weighted by atomic mass is 9.95. The molecule has 10 nitrogen and oxygen atoms in total. The Bertz CT molecular complexity index is 2530. The minimum atomic E-state index is -0.872. The van der Waals surface area contributed by atoms with Crippen LogP contribution in [-0.4, -0.2) is 40.0 Å². The summed E-state index contributed by atoms with van der Waals surface area (Å²) in [6.07, 6.45) is 3.72. The highest BCUT2D eigenvalue weighted by Crippen LogP contribution is 2.32. The van der Waals surface area contributed by atoms with Crippen molar-refractivity contribution in [1.82, 2.24) is 14.3 Å². The molecule has 0 aliphatic carbocycles. The molecule has 6 aromatic rings. The van der Waals surface area contributed by atoms with Gasteiger partial charge >= 0.3 is 11.9 Å². The van der Waals surface area contributed by atoms with Gasteiger partial charge in [-0.05, 0) is 86.0 Å². The van der Waals surface area contributed by atoms with Crippen LogP contribution in [0.4, 0.5) is 0 Å². The lowest BCUT2D eigenvalue weighted by Gasteiger charge is -2.25. The Morgan fingerprint density at radius 1 is 0.906 bits per heavy atom. The molecule has 0 saturated heterocycles. The fourth-order valence-corrected chi connectivity index (χ4v) is 7.34. The standard InChI is InChI=1S/C42H36N4O6S/c1-5-51-34-21-20-31(22-26(34)2)37-32(24-45(44-37)33-14-10-7-11-15-33)23-35-39(47)46-38(29-16-18-30(19-17-29)40(48)50-4)36(27(3)43-42(46)53-35)41(49)52-25-28-12-8-6-9-13-28/h6-24,38H,5,25H2,1-4H3. The third-order valence-electron chi connectivity index (χ3n) is 8.90. The topological polar surface area (TPSA) is 114 Å². The van der Waals surface area contributed by atoms with E-state index in [2.05, 4.69) is 0 Å². The Morgan fingerprint density at radius 2 is 1.62 bits per heavy atom. The van der Waals surface area contributed by atoms with Crippen molar-refractivity contribution in [2.45, 2.75) is 33.4 Å². The normalized spacial score (nSPS) is 14.0. The van der Waals surface area contributed by atoms with Crippen LogP contribution in [0.5, 0.6) is 5.75 Å². The van der Waals surface area contributed by atoms with Gasteiger partial charge in [0.1, 0.15) is 18.1 Å². The zero-order valence-electron chi connectivity index (χ0n) is 29.6. The number of aryl methyl sites for hydroxylation is 1. The molecule has 0 fully saturated rings. The van der Waals surface area contributed by atoms with Crippen molar-refractivity contribution in [2.75, 3.05) is 13.7 Å². The molecule has 1 aliphatic rings. The zero-order valence-corrected chi connectivity index (χ0v) is 30.4. The molecule has 2 aromatic heterocycles. The number of benzene rings is 4. The Morgan fingerprint density at radius 3 is 2.30 bits per heavy atom. The number of rotatable bonds is 10. The summed E-state index contributed by atoms with van der Waals surface area (Å²) < 4.78 is 20.2. The summed E-state index contributed by atoms with van der Waals surface area (Å²) in [6.45, 7) is 6.28. The highest BCUT2D eigenvalue weighted by atomic mass is 32.1. The predicted octanol–water partition coefficient (Wildman–Crippen LogP) is 6.33. The van der Waals surface area contributed by atoms with Crippen LogP contribution in [0.1, 0.15) is 52.5 Å². The summed E-state index contributed by atoms with van der Waals surface area (Å²) in [7, 11) is 1.31. The Hall–Kier alpha value is -6.33.